The van der Waals surface area contributed by atoms with Crippen LogP contribution < -0.4 is 0 Å². The molecule has 60 heavy (non-hydrogen) atoms. The van der Waals surface area contributed by atoms with E-state index < -0.39 is 0 Å². The molecule has 0 N–H and O–H groups in total. The molecule has 0 radical (unpaired) electrons. The molecule has 5 nitrogen and oxygen atoms in total. The maximum atomic E-state index is 9.53. The minimum Gasteiger partial charge on any atom is -0.256 e. The lowest BCUT2D eigenvalue weighted by Gasteiger charge is -2.15. The van der Waals surface area contributed by atoms with Crippen molar-refractivity contribution < 1.29 is 0 Å². The third kappa shape index (κ3) is 6.12. The molecule has 0 unspecified atom stereocenters. The summed E-state index contributed by atoms with van der Waals surface area (Å²) in [5.41, 5.74) is 18.6. The van der Waals surface area contributed by atoms with E-state index in [1.165, 1.54) is 33.0 Å². The minimum absolute atomic E-state index is 0.644. The topological polar surface area (TPSA) is 75.3 Å². The lowest BCUT2D eigenvalue weighted by atomic mass is 9.88. The van der Waals surface area contributed by atoms with Gasteiger partial charge in [0.25, 0.3) is 0 Å². The lowest BCUT2D eigenvalue weighted by Crippen LogP contribution is -1.96. The molecule has 0 amide bonds. The number of hydrogen-bond acceptors (Lipinski definition) is 5. The Bertz CT molecular complexity index is 3130. The van der Waals surface area contributed by atoms with Crippen molar-refractivity contribution in [3.05, 3.63) is 206 Å². The summed E-state index contributed by atoms with van der Waals surface area (Å²) in [6.45, 7) is 0. The fourth-order valence-corrected chi connectivity index (χ4v) is 8.46. The van der Waals surface area contributed by atoms with Crippen LogP contribution in [0.4, 0.5) is 0 Å². The summed E-state index contributed by atoms with van der Waals surface area (Å²) in [5.74, 6) is 0.644. The number of fused-ring (bicyclic) bond motifs is 3. The Hall–Kier alpha value is -8.33. The maximum Gasteiger partial charge on any atom is 0.160 e. The molecule has 11 rings (SSSR count). The van der Waals surface area contributed by atoms with Gasteiger partial charge in [0.2, 0.25) is 0 Å². The molecule has 1 aliphatic rings. The van der Waals surface area contributed by atoms with Crippen molar-refractivity contribution >= 4 is 10.8 Å². The zero-order valence-electron chi connectivity index (χ0n) is 32.3. The van der Waals surface area contributed by atoms with Crippen molar-refractivity contribution in [2.45, 2.75) is 0 Å². The predicted octanol–water partition coefficient (Wildman–Crippen LogP) is 13.6. The van der Waals surface area contributed by atoms with Crippen molar-refractivity contribution in [1.29, 1.82) is 5.26 Å². The van der Waals surface area contributed by atoms with Gasteiger partial charge in [-0.25, -0.2) is 9.97 Å². The largest absolute Gasteiger partial charge is 0.256 e. The SMILES string of the molecule is N#Cc1ccc(-c2ccc3c4c(ccc(-c5ccc(-c6nc(-c7ccc(-c8ccccn8)cc7)cc(-c7ccc(-c8ccccn8)cc7)n6)cc5)c24)-c2ccccc2-3)cc1. The number of pyridine rings is 2. The van der Waals surface area contributed by atoms with Gasteiger partial charge in [0, 0.05) is 40.2 Å². The van der Waals surface area contributed by atoms with Crippen molar-refractivity contribution in [3.8, 4) is 107 Å². The second kappa shape index (κ2) is 14.6. The van der Waals surface area contributed by atoms with Gasteiger partial charge >= 0.3 is 0 Å². The Morgan fingerprint density at radius 2 is 0.700 bits per heavy atom. The monoisotopic (exact) mass is 763 g/mol. The zero-order valence-corrected chi connectivity index (χ0v) is 32.3. The highest BCUT2D eigenvalue weighted by atomic mass is 14.9. The van der Waals surface area contributed by atoms with E-state index in [0.29, 0.717) is 11.4 Å². The van der Waals surface area contributed by atoms with E-state index in [1.54, 1.807) is 0 Å². The van der Waals surface area contributed by atoms with Gasteiger partial charge in [-0.3, -0.25) is 9.97 Å². The fourth-order valence-electron chi connectivity index (χ4n) is 8.46. The molecule has 3 aromatic heterocycles. The van der Waals surface area contributed by atoms with E-state index in [1.807, 2.05) is 60.9 Å². The molecule has 0 bridgehead atoms. The van der Waals surface area contributed by atoms with Crippen molar-refractivity contribution in [1.82, 2.24) is 19.9 Å². The van der Waals surface area contributed by atoms with Gasteiger partial charge in [-0.05, 0) is 97.7 Å². The predicted molar refractivity (Wildman–Crippen MR) is 242 cm³/mol. The van der Waals surface area contributed by atoms with Crippen LogP contribution in [0.2, 0.25) is 0 Å². The third-order valence-corrected chi connectivity index (χ3v) is 11.5. The summed E-state index contributed by atoms with van der Waals surface area (Å²) in [4.78, 5) is 19.4. The Morgan fingerprint density at radius 1 is 0.317 bits per heavy atom. The molecule has 7 aromatic carbocycles. The summed E-state index contributed by atoms with van der Waals surface area (Å²) in [6, 6.07) is 67.2. The Balaban J connectivity index is 1.02. The van der Waals surface area contributed by atoms with Crippen LogP contribution in [0.15, 0.2) is 200 Å². The first-order chi connectivity index (χ1) is 29.7. The third-order valence-electron chi connectivity index (χ3n) is 11.5. The molecule has 10 aromatic rings. The summed E-state index contributed by atoms with van der Waals surface area (Å²) in [7, 11) is 0. The van der Waals surface area contributed by atoms with E-state index in [-0.39, 0.29) is 0 Å². The van der Waals surface area contributed by atoms with E-state index in [0.717, 1.165) is 72.8 Å². The molecule has 0 saturated heterocycles. The van der Waals surface area contributed by atoms with Gasteiger partial charge in [-0.15, -0.1) is 0 Å². The van der Waals surface area contributed by atoms with Gasteiger partial charge in [-0.2, -0.15) is 5.26 Å². The number of aromatic nitrogens is 4. The normalized spacial score (nSPS) is 11.3. The van der Waals surface area contributed by atoms with Gasteiger partial charge in [0.1, 0.15) is 0 Å². The molecule has 3 heterocycles. The van der Waals surface area contributed by atoms with Crippen LogP contribution >= 0.6 is 0 Å². The van der Waals surface area contributed by atoms with Crippen molar-refractivity contribution in [3.63, 3.8) is 0 Å². The van der Waals surface area contributed by atoms with Crippen LogP contribution in [0.1, 0.15) is 5.56 Å². The van der Waals surface area contributed by atoms with E-state index >= 15 is 0 Å². The molecule has 0 fully saturated rings. The average Bonchev–Trinajstić information content (AvgIpc) is 3.66. The molecule has 278 valence electrons. The van der Waals surface area contributed by atoms with Gasteiger partial charge in [0.05, 0.1) is 34.4 Å². The van der Waals surface area contributed by atoms with Gasteiger partial charge < -0.3 is 0 Å². The summed E-state index contributed by atoms with van der Waals surface area (Å²) >= 11 is 0. The molecular formula is C55H33N5. The standard InChI is InChI=1S/C55H33N5/c56-34-35-11-13-36(14-12-35)43-27-29-47-45-7-1-2-8-46(45)48-30-28-44(53(43)54(47)48)37-15-25-42(26-16-37)55-59-51(40-21-17-38(18-22-40)49-9-3-5-31-57-49)33-52(60-55)41-23-19-39(20-24-41)50-10-4-6-32-58-50/h1-33H. The highest BCUT2D eigenvalue weighted by Gasteiger charge is 2.25. The van der Waals surface area contributed by atoms with E-state index in [9.17, 15) is 5.26 Å². The Labute approximate surface area is 347 Å². The van der Waals surface area contributed by atoms with Crippen LogP contribution in [-0.4, -0.2) is 19.9 Å². The average molecular weight is 764 g/mol. The van der Waals surface area contributed by atoms with E-state index in [2.05, 4.69) is 156 Å². The Morgan fingerprint density at radius 3 is 1.15 bits per heavy atom. The fraction of sp³-hybridized carbons (Fsp3) is 0. The first-order valence-electron chi connectivity index (χ1n) is 19.9. The molecule has 0 aliphatic heterocycles. The van der Waals surface area contributed by atoms with Gasteiger partial charge in [-0.1, -0.05) is 146 Å². The zero-order chi connectivity index (χ0) is 40.0. The summed E-state index contributed by atoms with van der Waals surface area (Å²) in [6.07, 6.45) is 3.63. The van der Waals surface area contributed by atoms with Gasteiger partial charge in [0.15, 0.2) is 5.82 Å². The highest BCUT2D eigenvalue weighted by Crippen LogP contribution is 2.52. The first kappa shape index (κ1) is 34.9. The molecule has 0 atom stereocenters. The maximum absolute atomic E-state index is 9.53. The number of nitrogens with zero attached hydrogens (tertiary/aromatic N) is 5. The Kier molecular flexibility index (Phi) is 8.46. The van der Waals surface area contributed by atoms with E-state index in [4.69, 9.17) is 9.97 Å². The van der Waals surface area contributed by atoms with Crippen LogP contribution in [0.3, 0.4) is 0 Å². The van der Waals surface area contributed by atoms with Crippen LogP contribution in [0.25, 0.3) is 112 Å². The number of hydrogen-bond donors (Lipinski definition) is 0. The minimum atomic E-state index is 0.644. The summed E-state index contributed by atoms with van der Waals surface area (Å²) < 4.78 is 0. The molecule has 0 spiro atoms. The molecular weight excluding hydrogens is 731 g/mol. The van der Waals surface area contributed by atoms with Crippen LogP contribution in [0, 0.1) is 11.3 Å². The smallest absolute Gasteiger partial charge is 0.160 e. The van der Waals surface area contributed by atoms with Crippen LogP contribution in [0.5, 0.6) is 0 Å². The van der Waals surface area contributed by atoms with Crippen molar-refractivity contribution in [2.24, 2.45) is 0 Å². The molecule has 0 saturated carbocycles. The molecule has 1 aliphatic carbocycles. The molecule has 5 heteroatoms. The van der Waals surface area contributed by atoms with Crippen molar-refractivity contribution in [2.75, 3.05) is 0 Å². The number of rotatable bonds is 7. The number of nitriles is 1. The highest BCUT2D eigenvalue weighted by molar-refractivity contribution is 6.22. The first-order valence-corrected chi connectivity index (χ1v) is 19.9. The van der Waals surface area contributed by atoms with Crippen LogP contribution in [-0.2, 0) is 0 Å². The second-order valence-electron chi connectivity index (χ2n) is 14.9. The quantitative estimate of drug-likeness (QED) is 0.162. The number of benzene rings is 7. The summed E-state index contributed by atoms with van der Waals surface area (Å²) in [5, 5.41) is 12.0. The second-order valence-corrected chi connectivity index (χ2v) is 14.9. The lowest BCUT2D eigenvalue weighted by molar-refractivity contribution is 1.18.